The quantitative estimate of drug-likeness (QED) is 0.830. The molecule has 4 rings (SSSR count). The second-order valence-electron chi connectivity index (χ2n) is 7.89. The third kappa shape index (κ3) is 3.65. The summed E-state index contributed by atoms with van der Waals surface area (Å²) in [5, 5.41) is 0. The van der Waals surface area contributed by atoms with E-state index in [0.29, 0.717) is 31.4 Å². The van der Waals surface area contributed by atoms with E-state index in [2.05, 4.69) is 9.80 Å². The summed E-state index contributed by atoms with van der Waals surface area (Å²) in [6, 6.07) is 3.92. The summed E-state index contributed by atoms with van der Waals surface area (Å²) in [7, 11) is 0. The number of amides is 2. The van der Waals surface area contributed by atoms with E-state index in [1.165, 1.54) is 38.4 Å². The molecule has 26 heavy (non-hydrogen) atoms. The molecule has 2 amide bonds. The van der Waals surface area contributed by atoms with Gasteiger partial charge in [-0.25, -0.2) is 0 Å². The molecule has 1 aliphatic carbocycles. The van der Waals surface area contributed by atoms with Gasteiger partial charge in [0.25, 0.3) is 5.91 Å². The van der Waals surface area contributed by atoms with Crippen LogP contribution in [-0.2, 0) is 4.79 Å². The molecule has 1 aromatic heterocycles. The Hall–Kier alpha value is -1.82. The SMILES string of the molecule is O=C(c1ccco1)N1CCN(CC(=O)N2CCCC3CCCCC32)CC1. The molecule has 1 saturated carbocycles. The van der Waals surface area contributed by atoms with E-state index in [1.807, 2.05) is 4.90 Å². The van der Waals surface area contributed by atoms with E-state index < -0.39 is 0 Å². The Morgan fingerprint density at radius 1 is 1.00 bits per heavy atom. The molecule has 0 aromatic carbocycles. The van der Waals surface area contributed by atoms with Gasteiger partial charge >= 0.3 is 0 Å². The molecular weight excluding hydrogens is 330 g/mol. The summed E-state index contributed by atoms with van der Waals surface area (Å²) >= 11 is 0. The molecule has 3 aliphatic rings. The number of rotatable bonds is 3. The summed E-state index contributed by atoms with van der Waals surface area (Å²) in [6.45, 7) is 4.22. The van der Waals surface area contributed by atoms with Gasteiger partial charge in [0.1, 0.15) is 0 Å². The Kier molecular flexibility index (Phi) is 5.29. The van der Waals surface area contributed by atoms with Crippen LogP contribution in [0.15, 0.2) is 22.8 Å². The first-order valence-electron chi connectivity index (χ1n) is 10.1. The number of piperazine rings is 1. The average Bonchev–Trinajstić information content (AvgIpc) is 3.22. The zero-order chi connectivity index (χ0) is 17.9. The molecule has 3 fully saturated rings. The summed E-state index contributed by atoms with van der Waals surface area (Å²) in [6.07, 6.45) is 9.04. The van der Waals surface area contributed by atoms with Crippen LogP contribution in [0.5, 0.6) is 0 Å². The second kappa shape index (κ2) is 7.82. The number of furan rings is 1. The van der Waals surface area contributed by atoms with Crippen LogP contribution in [-0.4, -0.2) is 71.8 Å². The minimum atomic E-state index is -0.0537. The lowest BCUT2D eigenvalue weighted by molar-refractivity contribution is -0.139. The molecule has 0 bridgehead atoms. The van der Waals surface area contributed by atoms with Crippen LogP contribution in [0.3, 0.4) is 0 Å². The molecule has 0 radical (unpaired) electrons. The van der Waals surface area contributed by atoms with Gasteiger partial charge in [-0.2, -0.15) is 0 Å². The number of carbonyl (C=O) groups is 2. The first-order chi connectivity index (χ1) is 12.7. The molecule has 2 atom stereocenters. The molecule has 142 valence electrons. The monoisotopic (exact) mass is 359 g/mol. The minimum absolute atomic E-state index is 0.0537. The van der Waals surface area contributed by atoms with Gasteiger partial charge in [-0.3, -0.25) is 14.5 Å². The maximum atomic E-state index is 12.9. The fraction of sp³-hybridized carbons (Fsp3) is 0.700. The predicted octanol–water partition coefficient (Wildman–Crippen LogP) is 2.22. The maximum absolute atomic E-state index is 12.9. The summed E-state index contributed by atoms with van der Waals surface area (Å²) in [5.74, 6) is 1.35. The van der Waals surface area contributed by atoms with Crippen molar-refractivity contribution in [2.24, 2.45) is 5.92 Å². The molecule has 3 heterocycles. The van der Waals surface area contributed by atoms with E-state index in [9.17, 15) is 9.59 Å². The normalized spacial score (nSPS) is 27.2. The fourth-order valence-electron chi connectivity index (χ4n) is 4.88. The van der Waals surface area contributed by atoms with Crippen LogP contribution in [0.2, 0.25) is 0 Å². The Bertz CT molecular complexity index is 620. The van der Waals surface area contributed by atoms with Crippen LogP contribution in [0.25, 0.3) is 0 Å². The third-order valence-corrected chi connectivity index (χ3v) is 6.31. The van der Waals surface area contributed by atoms with E-state index in [4.69, 9.17) is 4.42 Å². The number of hydrogen-bond donors (Lipinski definition) is 0. The first-order valence-corrected chi connectivity index (χ1v) is 10.1. The Labute approximate surface area is 155 Å². The van der Waals surface area contributed by atoms with Crippen molar-refractivity contribution in [3.05, 3.63) is 24.2 Å². The van der Waals surface area contributed by atoms with Crippen molar-refractivity contribution in [2.75, 3.05) is 39.3 Å². The van der Waals surface area contributed by atoms with Crippen LogP contribution < -0.4 is 0 Å². The van der Waals surface area contributed by atoms with Gasteiger partial charge in [0.15, 0.2) is 5.76 Å². The predicted molar refractivity (Wildman–Crippen MR) is 97.7 cm³/mol. The van der Waals surface area contributed by atoms with Crippen molar-refractivity contribution < 1.29 is 14.0 Å². The van der Waals surface area contributed by atoms with E-state index in [1.54, 1.807) is 12.1 Å². The first kappa shape index (κ1) is 17.6. The molecule has 0 spiro atoms. The van der Waals surface area contributed by atoms with Crippen molar-refractivity contribution in [1.82, 2.24) is 14.7 Å². The van der Waals surface area contributed by atoms with E-state index in [0.717, 1.165) is 32.0 Å². The summed E-state index contributed by atoms with van der Waals surface area (Å²) < 4.78 is 5.20. The molecular formula is C20H29N3O3. The number of likely N-dealkylation sites (tertiary alicyclic amines) is 1. The van der Waals surface area contributed by atoms with Gasteiger partial charge in [0, 0.05) is 38.8 Å². The Morgan fingerprint density at radius 2 is 1.77 bits per heavy atom. The molecule has 0 N–H and O–H groups in total. The standard InChI is InChI=1S/C20H29N3O3/c24-19(23-9-3-6-16-5-1-2-7-17(16)23)15-21-10-12-22(13-11-21)20(25)18-8-4-14-26-18/h4,8,14,16-17H,1-3,5-7,9-13,15H2. The van der Waals surface area contributed by atoms with Gasteiger partial charge in [0.05, 0.1) is 12.8 Å². The highest BCUT2D eigenvalue weighted by Gasteiger charge is 2.36. The number of fused-ring (bicyclic) bond motifs is 1. The second-order valence-corrected chi connectivity index (χ2v) is 7.89. The molecule has 2 unspecified atom stereocenters. The highest BCUT2D eigenvalue weighted by molar-refractivity contribution is 5.91. The smallest absolute Gasteiger partial charge is 0.289 e. The van der Waals surface area contributed by atoms with Crippen LogP contribution in [0.1, 0.15) is 49.1 Å². The van der Waals surface area contributed by atoms with Gasteiger partial charge in [-0.05, 0) is 43.7 Å². The molecule has 6 nitrogen and oxygen atoms in total. The maximum Gasteiger partial charge on any atom is 0.289 e. The van der Waals surface area contributed by atoms with Gasteiger partial charge in [-0.15, -0.1) is 0 Å². The molecule has 2 saturated heterocycles. The topological polar surface area (TPSA) is 57.0 Å². The van der Waals surface area contributed by atoms with E-state index in [-0.39, 0.29) is 11.8 Å². The van der Waals surface area contributed by atoms with Crippen molar-refractivity contribution in [2.45, 2.75) is 44.6 Å². The van der Waals surface area contributed by atoms with Crippen molar-refractivity contribution in [3.8, 4) is 0 Å². The van der Waals surface area contributed by atoms with Crippen molar-refractivity contribution in [3.63, 3.8) is 0 Å². The lowest BCUT2D eigenvalue weighted by Crippen LogP contribution is -2.55. The number of nitrogens with zero attached hydrogens (tertiary/aromatic N) is 3. The summed E-state index contributed by atoms with van der Waals surface area (Å²) in [4.78, 5) is 31.4. The Morgan fingerprint density at radius 3 is 2.54 bits per heavy atom. The van der Waals surface area contributed by atoms with Crippen molar-refractivity contribution in [1.29, 1.82) is 0 Å². The zero-order valence-electron chi connectivity index (χ0n) is 15.4. The van der Waals surface area contributed by atoms with Crippen molar-refractivity contribution >= 4 is 11.8 Å². The van der Waals surface area contributed by atoms with Gasteiger partial charge in [-0.1, -0.05) is 12.8 Å². The van der Waals surface area contributed by atoms with Gasteiger partial charge < -0.3 is 14.2 Å². The van der Waals surface area contributed by atoms with Gasteiger partial charge in [0.2, 0.25) is 5.91 Å². The highest BCUT2D eigenvalue weighted by atomic mass is 16.3. The van der Waals surface area contributed by atoms with Crippen LogP contribution in [0, 0.1) is 5.92 Å². The third-order valence-electron chi connectivity index (χ3n) is 6.31. The molecule has 6 heteroatoms. The number of hydrogen-bond acceptors (Lipinski definition) is 4. The summed E-state index contributed by atoms with van der Waals surface area (Å²) in [5.41, 5.74) is 0. The van der Waals surface area contributed by atoms with Crippen LogP contribution in [0.4, 0.5) is 0 Å². The minimum Gasteiger partial charge on any atom is -0.459 e. The highest BCUT2D eigenvalue weighted by Crippen LogP contribution is 2.35. The number of piperidine rings is 1. The largest absolute Gasteiger partial charge is 0.459 e. The molecule has 1 aromatic rings. The average molecular weight is 359 g/mol. The zero-order valence-corrected chi connectivity index (χ0v) is 15.4. The van der Waals surface area contributed by atoms with Crippen LogP contribution >= 0.6 is 0 Å². The Balaban J connectivity index is 1.28. The fourth-order valence-corrected chi connectivity index (χ4v) is 4.88. The lowest BCUT2D eigenvalue weighted by Gasteiger charge is -2.45. The van der Waals surface area contributed by atoms with E-state index >= 15 is 0 Å². The number of carbonyl (C=O) groups excluding carboxylic acids is 2. The molecule has 2 aliphatic heterocycles. The lowest BCUT2D eigenvalue weighted by atomic mass is 9.78.